The van der Waals surface area contributed by atoms with Crippen molar-refractivity contribution in [1.82, 2.24) is 34.8 Å². The van der Waals surface area contributed by atoms with Crippen LogP contribution in [-0.2, 0) is 6.42 Å². The van der Waals surface area contributed by atoms with Crippen LogP contribution < -0.4 is 15.5 Å². The zero-order valence-electron chi connectivity index (χ0n) is 19.1. The molecule has 3 aromatic heterocycles. The number of aromatic nitrogens is 6. The fourth-order valence-electron chi connectivity index (χ4n) is 4.15. The van der Waals surface area contributed by atoms with Gasteiger partial charge in [-0.25, -0.2) is 14.6 Å². The Balaban J connectivity index is 1.36. The molecule has 0 unspecified atom stereocenters. The average molecular weight is 458 g/mol. The zero-order chi connectivity index (χ0) is 23.3. The first kappa shape index (κ1) is 22.0. The van der Waals surface area contributed by atoms with Gasteiger partial charge in [0.2, 0.25) is 5.43 Å². The second kappa shape index (κ2) is 9.96. The lowest BCUT2D eigenvalue weighted by atomic mass is 10.1. The minimum absolute atomic E-state index is 0.0929. The first-order chi connectivity index (χ1) is 16.7. The van der Waals surface area contributed by atoms with Crippen molar-refractivity contribution in [3.63, 3.8) is 0 Å². The normalized spacial score (nSPS) is 14.3. The van der Waals surface area contributed by atoms with Crippen LogP contribution in [0.4, 0.5) is 0 Å². The van der Waals surface area contributed by atoms with Crippen LogP contribution in [-0.4, -0.2) is 49.2 Å². The summed E-state index contributed by atoms with van der Waals surface area (Å²) in [5, 5.41) is 12.5. The highest BCUT2D eigenvalue weighted by molar-refractivity contribution is 5.56. The summed E-state index contributed by atoms with van der Waals surface area (Å²) in [7, 11) is 0. The van der Waals surface area contributed by atoms with Crippen LogP contribution in [0.5, 0.6) is 5.75 Å². The van der Waals surface area contributed by atoms with Gasteiger partial charge in [-0.05, 0) is 44.5 Å². The summed E-state index contributed by atoms with van der Waals surface area (Å²) in [6, 6.07) is 9.81. The maximum absolute atomic E-state index is 12.6. The molecule has 1 N–H and O–H groups in total. The Morgan fingerprint density at radius 2 is 1.94 bits per heavy atom. The van der Waals surface area contributed by atoms with Crippen molar-refractivity contribution in [3.05, 3.63) is 82.8 Å². The molecule has 34 heavy (non-hydrogen) atoms. The maximum atomic E-state index is 12.6. The van der Waals surface area contributed by atoms with Crippen molar-refractivity contribution >= 4 is 0 Å². The molecule has 0 radical (unpaired) electrons. The molecule has 174 valence electrons. The molecule has 1 aliphatic heterocycles. The van der Waals surface area contributed by atoms with Gasteiger partial charge < -0.3 is 10.1 Å². The standard InChI is InChI=1S/C25H27N7O2/c1-2-34-22-15-27-25(28-16-22)19-5-3-4-18(12-19)13-23-24(33)8-11-31(30-23)21-14-29-32(17-21)20-6-9-26-10-7-20/h3-5,8,11-12,14-17,20,26H,2,6-7,9-10,13H2,1H3. The molecule has 0 atom stereocenters. The lowest BCUT2D eigenvalue weighted by Gasteiger charge is -2.22. The number of hydrogen-bond acceptors (Lipinski definition) is 7. The predicted molar refractivity (Wildman–Crippen MR) is 128 cm³/mol. The molecule has 0 saturated carbocycles. The van der Waals surface area contributed by atoms with Gasteiger partial charge >= 0.3 is 0 Å². The maximum Gasteiger partial charge on any atom is 0.203 e. The monoisotopic (exact) mass is 457 g/mol. The number of ether oxygens (including phenoxy) is 1. The van der Waals surface area contributed by atoms with Gasteiger partial charge in [0.25, 0.3) is 0 Å². The van der Waals surface area contributed by atoms with E-state index in [1.54, 1.807) is 35.5 Å². The van der Waals surface area contributed by atoms with Crippen molar-refractivity contribution in [2.75, 3.05) is 19.7 Å². The first-order valence-electron chi connectivity index (χ1n) is 11.6. The third kappa shape index (κ3) is 4.89. The molecular formula is C25H27N7O2. The Bertz CT molecular complexity index is 1310. The summed E-state index contributed by atoms with van der Waals surface area (Å²) in [4.78, 5) is 21.4. The van der Waals surface area contributed by atoms with Crippen molar-refractivity contribution in [2.24, 2.45) is 0 Å². The second-order valence-electron chi connectivity index (χ2n) is 8.28. The van der Waals surface area contributed by atoms with Gasteiger partial charge in [-0.15, -0.1) is 0 Å². The molecule has 0 spiro atoms. The SMILES string of the molecule is CCOc1cnc(-c2cccc(Cc3nn(-c4cnn(C5CCNCC5)c4)ccc3=O)c2)nc1. The zero-order valence-corrected chi connectivity index (χ0v) is 19.1. The van der Waals surface area contributed by atoms with Crippen LogP contribution in [0.3, 0.4) is 0 Å². The molecule has 9 heteroatoms. The van der Waals surface area contributed by atoms with Crippen molar-refractivity contribution in [1.29, 1.82) is 0 Å². The molecule has 0 aliphatic carbocycles. The number of rotatable bonds is 7. The molecule has 4 aromatic rings. The quantitative estimate of drug-likeness (QED) is 0.455. The van der Waals surface area contributed by atoms with E-state index in [1.165, 1.54) is 0 Å². The van der Waals surface area contributed by atoms with E-state index in [9.17, 15) is 4.79 Å². The van der Waals surface area contributed by atoms with E-state index in [1.807, 2.05) is 42.1 Å². The fraction of sp³-hybridized carbons (Fsp3) is 0.320. The molecule has 1 aromatic carbocycles. The summed E-state index contributed by atoms with van der Waals surface area (Å²) in [6.45, 7) is 4.49. The average Bonchev–Trinajstić information content (AvgIpc) is 3.37. The largest absolute Gasteiger partial charge is 0.491 e. The predicted octanol–water partition coefficient (Wildman–Crippen LogP) is 2.80. The van der Waals surface area contributed by atoms with Crippen LogP contribution in [0, 0.1) is 0 Å². The van der Waals surface area contributed by atoms with E-state index >= 15 is 0 Å². The smallest absolute Gasteiger partial charge is 0.203 e. The van der Waals surface area contributed by atoms with Crippen LogP contribution in [0.1, 0.15) is 37.1 Å². The Labute approximate surface area is 197 Å². The van der Waals surface area contributed by atoms with Crippen molar-refractivity contribution in [2.45, 2.75) is 32.2 Å². The van der Waals surface area contributed by atoms with Gasteiger partial charge in [-0.1, -0.05) is 18.2 Å². The van der Waals surface area contributed by atoms with Crippen molar-refractivity contribution in [3.8, 4) is 22.8 Å². The van der Waals surface area contributed by atoms with Gasteiger partial charge in [0.05, 0.1) is 37.4 Å². The highest BCUT2D eigenvalue weighted by atomic mass is 16.5. The molecule has 1 aliphatic rings. The Kier molecular flexibility index (Phi) is 6.44. The van der Waals surface area contributed by atoms with E-state index in [0.29, 0.717) is 36.3 Å². The van der Waals surface area contributed by atoms with Crippen LogP contribution in [0.15, 0.2) is 66.1 Å². The van der Waals surface area contributed by atoms with Crippen LogP contribution in [0.2, 0.25) is 0 Å². The first-order valence-corrected chi connectivity index (χ1v) is 11.6. The van der Waals surface area contributed by atoms with Crippen LogP contribution >= 0.6 is 0 Å². The molecule has 1 saturated heterocycles. The summed E-state index contributed by atoms with van der Waals surface area (Å²) < 4.78 is 9.15. The lowest BCUT2D eigenvalue weighted by Crippen LogP contribution is -2.29. The molecule has 5 rings (SSSR count). The number of piperidine rings is 1. The van der Waals surface area contributed by atoms with Gasteiger partial charge in [-0.2, -0.15) is 10.2 Å². The summed E-state index contributed by atoms with van der Waals surface area (Å²) in [6.07, 6.45) is 11.3. The van der Waals surface area contributed by atoms with Gasteiger partial charge in [0.15, 0.2) is 11.6 Å². The summed E-state index contributed by atoms with van der Waals surface area (Å²) in [5.41, 5.74) is 3.06. The Hall–Kier alpha value is -3.85. The highest BCUT2D eigenvalue weighted by Gasteiger charge is 2.16. The van der Waals surface area contributed by atoms with Gasteiger partial charge in [-0.3, -0.25) is 9.48 Å². The Morgan fingerprint density at radius 1 is 1.12 bits per heavy atom. The van der Waals surface area contributed by atoms with E-state index in [-0.39, 0.29) is 5.43 Å². The number of hydrogen-bond donors (Lipinski definition) is 1. The van der Waals surface area contributed by atoms with Crippen LogP contribution in [0.25, 0.3) is 17.1 Å². The number of nitrogens with one attached hydrogen (secondary N) is 1. The fourth-order valence-corrected chi connectivity index (χ4v) is 4.15. The lowest BCUT2D eigenvalue weighted by molar-refractivity contribution is 0.337. The van der Waals surface area contributed by atoms with Gasteiger partial charge in [0.1, 0.15) is 11.4 Å². The summed E-state index contributed by atoms with van der Waals surface area (Å²) >= 11 is 0. The molecule has 9 nitrogen and oxygen atoms in total. The third-order valence-electron chi connectivity index (χ3n) is 5.91. The number of nitrogens with zero attached hydrogens (tertiary/aromatic N) is 6. The van der Waals surface area contributed by atoms with E-state index < -0.39 is 0 Å². The third-order valence-corrected chi connectivity index (χ3v) is 5.91. The van der Waals surface area contributed by atoms with E-state index in [0.717, 1.165) is 42.7 Å². The van der Waals surface area contributed by atoms with E-state index in [4.69, 9.17) is 4.74 Å². The minimum Gasteiger partial charge on any atom is -0.491 e. The molecule has 4 heterocycles. The van der Waals surface area contributed by atoms with Gasteiger partial charge in [0, 0.05) is 24.2 Å². The molecule has 0 amide bonds. The molecular weight excluding hydrogens is 430 g/mol. The second-order valence-corrected chi connectivity index (χ2v) is 8.28. The topological polar surface area (TPSA) is 99.8 Å². The molecule has 0 bridgehead atoms. The van der Waals surface area contributed by atoms with Crippen molar-refractivity contribution < 1.29 is 4.74 Å². The Morgan fingerprint density at radius 3 is 2.74 bits per heavy atom. The molecule has 1 fully saturated rings. The van der Waals surface area contributed by atoms with E-state index in [2.05, 4.69) is 25.5 Å². The highest BCUT2D eigenvalue weighted by Crippen LogP contribution is 2.20. The number of benzene rings is 1. The summed E-state index contributed by atoms with van der Waals surface area (Å²) in [5.74, 6) is 1.24. The minimum atomic E-state index is -0.0929.